The second kappa shape index (κ2) is 12.3. The van der Waals surface area contributed by atoms with Crippen molar-refractivity contribution in [3.63, 3.8) is 0 Å². The normalized spacial score (nSPS) is 13.7. The minimum Gasteiger partial charge on any atom is -0.466 e. The minimum atomic E-state index is -0.383. The number of hydrogen-bond donors (Lipinski definition) is 0. The Bertz CT molecular complexity index is 1220. The predicted molar refractivity (Wildman–Crippen MR) is 138 cm³/mol. The van der Waals surface area contributed by atoms with E-state index in [4.69, 9.17) is 19.3 Å². The number of aromatic nitrogens is 3. The molecule has 1 aliphatic rings. The van der Waals surface area contributed by atoms with Crippen LogP contribution >= 0.6 is 15.9 Å². The van der Waals surface area contributed by atoms with E-state index in [1.54, 1.807) is 18.0 Å². The minimum absolute atomic E-state index is 0.0244. The fourth-order valence-corrected chi connectivity index (χ4v) is 4.76. The number of pyridine rings is 1. The number of nitrogens with zero attached hydrogens (tertiary/aromatic N) is 4. The van der Waals surface area contributed by atoms with Crippen LogP contribution in [0, 0.1) is 0 Å². The summed E-state index contributed by atoms with van der Waals surface area (Å²) in [5.74, 6) is -0.228. The highest BCUT2D eigenvalue weighted by Crippen LogP contribution is 2.34. The molecule has 1 saturated heterocycles. The molecular formula is C26H31BrN4O5. The molecule has 1 aliphatic heterocycles. The van der Waals surface area contributed by atoms with Gasteiger partial charge in [0.2, 0.25) is 0 Å². The molecule has 1 amide bonds. The highest BCUT2D eigenvalue weighted by molar-refractivity contribution is 9.10. The third kappa shape index (κ3) is 6.04. The van der Waals surface area contributed by atoms with Crippen molar-refractivity contribution in [2.24, 2.45) is 0 Å². The van der Waals surface area contributed by atoms with Gasteiger partial charge in [0.15, 0.2) is 0 Å². The van der Waals surface area contributed by atoms with E-state index >= 15 is 0 Å². The van der Waals surface area contributed by atoms with Crippen molar-refractivity contribution in [1.29, 1.82) is 0 Å². The van der Waals surface area contributed by atoms with Gasteiger partial charge in [0.1, 0.15) is 12.3 Å². The average molecular weight is 559 g/mol. The van der Waals surface area contributed by atoms with Crippen molar-refractivity contribution in [3.05, 3.63) is 52.0 Å². The molecule has 3 aromatic heterocycles. The van der Waals surface area contributed by atoms with Gasteiger partial charge in [-0.15, -0.1) is 0 Å². The van der Waals surface area contributed by atoms with Gasteiger partial charge in [0, 0.05) is 53.2 Å². The number of halogens is 1. The molecule has 4 rings (SSSR count). The third-order valence-corrected chi connectivity index (χ3v) is 6.56. The SMILES string of the molecule is CCOC(=O)CCCc1c(COC(=O)N2CCOCC2)nn2c(CC)ccc2c1-c1cncc(Br)c1. The van der Waals surface area contributed by atoms with E-state index in [0.717, 1.165) is 38.8 Å². The van der Waals surface area contributed by atoms with Gasteiger partial charge < -0.3 is 19.1 Å². The molecule has 0 radical (unpaired) electrons. The van der Waals surface area contributed by atoms with E-state index in [1.165, 1.54) is 0 Å². The molecule has 0 spiro atoms. The predicted octanol–water partition coefficient (Wildman–Crippen LogP) is 4.58. The first-order chi connectivity index (χ1) is 17.5. The monoisotopic (exact) mass is 558 g/mol. The molecule has 10 heteroatoms. The second-order valence-electron chi connectivity index (χ2n) is 8.48. The molecule has 0 aliphatic carbocycles. The molecule has 36 heavy (non-hydrogen) atoms. The van der Waals surface area contributed by atoms with E-state index in [2.05, 4.69) is 40.0 Å². The molecule has 1 fully saturated rings. The maximum Gasteiger partial charge on any atom is 0.410 e. The highest BCUT2D eigenvalue weighted by atomic mass is 79.9. The van der Waals surface area contributed by atoms with E-state index in [-0.39, 0.29) is 18.7 Å². The lowest BCUT2D eigenvalue weighted by molar-refractivity contribution is -0.143. The largest absolute Gasteiger partial charge is 0.466 e. The third-order valence-electron chi connectivity index (χ3n) is 6.13. The van der Waals surface area contributed by atoms with Gasteiger partial charge in [-0.05, 0) is 65.9 Å². The molecule has 0 atom stereocenters. The molecular weight excluding hydrogens is 528 g/mol. The van der Waals surface area contributed by atoms with Crippen LogP contribution in [-0.4, -0.2) is 64.5 Å². The Morgan fingerprint density at radius 2 is 1.94 bits per heavy atom. The van der Waals surface area contributed by atoms with Crippen LogP contribution in [0.15, 0.2) is 35.1 Å². The smallest absolute Gasteiger partial charge is 0.410 e. The molecule has 4 heterocycles. The number of amides is 1. The van der Waals surface area contributed by atoms with E-state index in [1.807, 2.05) is 16.8 Å². The molecule has 192 valence electrons. The number of fused-ring (bicyclic) bond motifs is 1. The Balaban J connectivity index is 1.74. The van der Waals surface area contributed by atoms with Crippen LogP contribution in [0.25, 0.3) is 16.6 Å². The highest BCUT2D eigenvalue weighted by Gasteiger charge is 2.23. The molecule has 0 bridgehead atoms. The van der Waals surface area contributed by atoms with Crippen molar-refractivity contribution in [3.8, 4) is 11.1 Å². The van der Waals surface area contributed by atoms with Crippen LogP contribution < -0.4 is 0 Å². The summed E-state index contributed by atoms with van der Waals surface area (Å²) in [5.41, 5.74) is 5.48. The second-order valence-corrected chi connectivity index (χ2v) is 9.40. The van der Waals surface area contributed by atoms with Crippen molar-refractivity contribution in [1.82, 2.24) is 19.5 Å². The van der Waals surface area contributed by atoms with Crippen molar-refractivity contribution in [2.75, 3.05) is 32.9 Å². The van der Waals surface area contributed by atoms with Gasteiger partial charge >= 0.3 is 12.1 Å². The van der Waals surface area contributed by atoms with Crippen LogP contribution in [0.4, 0.5) is 4.79 Å². The topological polar surface area (TPSA) is 95.3 Å². The lowest BCUT2D eigenvalue weighted by atomic mass is 9.95. The van der Waals surface area contributed by atoms with Gasteiger partial charge in [0.05, 0.1) is 25.3 Å². The zero-order valence-electron chi connectivity index (χ0n) is 20.7. The Labute approximate surface area is 218 Å². The fourth-order valence-electron chi connectivity index (χ4n) is 4.39. The molecule has 0 N–H and O–H groups in total. The Hall–Kier alpha value is -2.98. The van der Waals surface area contributed by atoms with Crippen molar-refractivity contribution < 1.29 is 23.8 Å². The van der Waals surface area contributed by atoms with Crippen LogP contribution in [0.2, 0.25) is 0 Å². The summed E-state index contributed by atoms with van der Waals surface area (Å²) >= 11 is 3.54. The summed E-state index contributed by atoms with van der Waals surface area (Å²) in [6.07, 6.45) is 5.42. The van der Waals surface area contributed by atoms with Crippen molar-refractivity contribution >= 4 is 33.5 Å². The molecule has 0 aromatic carbocycles. The average Bonchev–Trinajstić information content (AvgIpc) is 3.30. The van der Waals surface area contributed by atoms with Crippen LogP contribution in [0.5, 0.6) is 0 Å². The summed E-state index contributed by atoms with van der Waals surface area (Å²) in [6.45, 7) is 6.27. The van der Waals surface area contributed by atoms with Gasteiger partial charge in [0.25, 0.3) is 0 Å². The Morgan fingerprint density at radius 3 is 2.67 bits per heavy atom. The lowest BCUT2D eigenvalue weighted by Gasteiger charge is -2.26. The number of ether oxygens (including phenoxy) is 3. The first-order valence-corrected chi connectivity index (χ1v) is 13.1. The molecule has 0 saturated carbocycles. The number of esters is 1. The Kier molecular flexibility index (Phi) is 8.93. The van der Waals surface area contributed by atoms with E-state index < -0.39 is 0 Å². The molecule has 3 aromatic rings. The zero-order valence-corrected chi connectivity index (χ0v) is 22.3. The van der Waals surface area contributed by atoms with Gasteiger partial charge in [-0.2, -0.15) is 5.10 Å². The number of morpholine rings is 1. The van der Waals surface area contributed by atoms with Crippen LogP contribution in [0.3, 0.4) is 0 Å². The van der Waals surface area contributed by atoms with Crippen LogP contribution in [0.1, 0.15) is 43.6 Å². The molecule has 0 unspecified atom stereocenters. The number of carbonyl (C=O) groups is 2. The number of carbonyl (C=O) groups excluding carboxylic acids is 2. The fraction of sp³-hybridized carbons (Fsp3) is 0.462. The lowest BCUT2D eigenvalue weighted by Crippen LogP contribution is -2.41. The summed E-state index contributed by atoms with van der Waals surface area (Å²) in [6, 6.07) is 6.13. The summed E-state index contributed by atoms with van der Waals surface area (Å²) < 4.78 is 19.0. The van der Waals surface area contributed by atoms with Crippen molar-refractivity contribution in [2.45, 2.75) is 46.1 Å². The van der Waals surface area contributed by atoms with Gasteiger partial charge in [-0.3, -0.25) is 9.78 Å². The maximum atomic E-state index is 12.7. The molecule has 9 nitrogen and oxygen atoms in total. The van der Waals surface area contributed by atoms with Crippen LogP contribution in [-0.2, 0) is 38.5 Å². The first-order valence-electron chi connectivity index (χ1n) is 12.3. The zero-order chi connectivity index (χ0) is 25.5. The standard InChI is InChI=1S/C26H31BrN4O5/c1-3-20-8-9-23-25(18-14-19(27)16-28-15-18)21(6-5-7-24(32)35-4-2)22(29-31(20)23)17-36-26(33)30-10-12-34-13-11-30/h8-9,14-16H,3-7,10-13,17H2,1-2H3. The number of hydrogen-bond acceptors (Lipinski definition) is 7. The number of aryl methyl sites for hydroxylation is 1. The first kappa shape index (κ1) is 26.1. The number of rotatable bonds is 9. The van der Waals surface area contributed by atoms with E-state index in [0.29, 0.717) is 57.9 Å². The quantitative estimate of drug-likeness (QED) is 0.355. The van der Waals surface area contributed by atoms with E-state index in [9.17, 15) is 9.59 Å². The van der Waals surface area contributed by atoms with Gasteiger partial charge in [-0.25, -0.2) is 9.31 Å². The Morgan fingerprint density at radius 1 is 1.14 bits per heavy atom. The summed E-state index contributed by atoms with van der Waals surface area (Å²) in [4.78, 5) is 30.8. The maximum absolute atomic E-state index is 12.7. The summed E-state index contributed by atoms with van der Waals surface area (Å²) in [5, 5.41) is 4.91. The van der Waals surface area contributed by atoms with Gasteiger partial charge in [-0.1, -0.05) is 6.92 Å². The summed E-state index contributed by atoms with van der Waals surface area (Å²) in [7, 11) is 0.